The summed E-state index contributed by atoms with van der Waals surface area (Å²) in [6, 6.07) is 0. The van der Waals surface area contributed by atoms with Crippen LogP contribution in [-0.2, 0) is 38.0 Å². The van der Waals surface area contributed by atoms with E-state index in [0.717, 1.165) is 78.2 Å². The first-order valence-electron chi connectivity index (χ1n) is 15.5. The molecule has 8 heteroatoms. The van der Waals surface area contributed by atoms with Crippen molar-refractivity contribution in [2.24, 2.45) is 16.2 Å². The van der Waals surface area contributed by atoms with E-state index < -0.39 is 22.4 Å². The lowest BCUT2D eigenvalue weighted by Crippen LogP contribution is -2.75. The van der Waals surface area contributed by atoms with E-state index in [2.05, 4.69) is 27.4 Å². The zero-order valence-electron chi connectivity index (χ0n) is 25.2. The smallest absolute Gasteiger partial charge is 0.333 e. The van der Waals surface area contributed by atoms with Crippen LogP contribution in [0.1, 0.15) is 85.5 Å². The minimum absolute atomic E-state index is 0.0536. The molecular weight excluding hydrogens is 512 g/mol. The van der Waals surface area contributed by atoms with Crippen molar-refractivity contribution in [3.05, 3.63) is 12.2 Å². The van der Waals surface area contributed by atoms with E-state index in [1.54, 1.807) is 6.92 Å². The standard InChI is InChI=1S/C32H50O8/c1-6-26(15-34-16-26)21-37-29-9-30(38-22-27(7-2)17-35-18-27)11-31(10-29,39-23-28(8-3)19-36-20-28)14-32(12-29,13-30)40-25(33)24(4)5/h4,6-23H2,1-3,5H3. The highest BCUT2D eigenvalue weighted by Gasteiger charge is 2.72. The number of carbonyl (C=O) groups is 1. The van der Waals surface area contributed by atoms with Gasteiger partial charge < -0.3 is 33.2 Å². The molecule has 3 heterocycles. The Kier molecular flexibility index (Phi) is 7.28. The summed E-state index contributed by atoms with van der Waals surface area (Å²) in [5.74, 6) is -0.338. The average Bonchev–Trinajstić information content (AvgIpc) is 2.81. The van der Waals surface area contributed by atoms with E-state index >= 15 is 0 Å². The molecule has 0 aromatic carbocycles. The first kappa shape index (κ1) is 29.1. The molecule has 0 unspecified atom stereocenters. The average molecular weight is 563 g/mol. The van der Waals surface area contributed by atoms with Crippen LogP contribution in [0.3, 0.4) is 0 Å². The van der Waals surface area contributed by atoms with Gasteiger partial charge in [0.2, 0.25) is 0 Å². The number of hydrogen-bond donors (Lipinski definition) is 0. The van der Waals surface area contributed by atoms with Gasteiger partial charge in [0.1, 0.15) is 5.60 Å². The summed E-state index contributed by atoms with van der Waals surface area (Å²) in [6.45, 7) is 18.6. The van der Waals surface area contributed by atoms with Crippen LogP contribution < -0.4 is 0 Å². The van der Waals surface area contributed by atoms with Crippen molar-refractivity contribution in [3.63, 3.8) is 0 Å². The minimum atomic E-state index is -0.717. The molecule has 0 spiro atoms. The summed E-state index contributed by atoms with van der Waals surface area (Å²) >= 11 is 0. The Hall–Kier alpha value is -1.03. The van der Waals surface area contributed by atoms with E-state index in [4.69, 9.17) is 33.2 Å². The minimum Gasteiger partial charge on any atom is -0.455 e. The van der Waals surface area contributed by atoms with Crippen LogP contribution in [0.25, 0.3) is 0 Å². The van der Waals surface area contributed by atoms with Gasteiger partial charge in [0.25, 0.3) is 0 Å². The predicted molar refractivity (Wildman–Crippen MR) is 148 cm³/mol. The third kappa shape index (κ3) is 4.98. The zero-order valence-corrected chi connectivity index (χ0v) is 25.2. The van der Waals surface area contributed by atoms with Crippen molar-refractivity contribution < 1.29 is 38.0 Å². The maximum Gasteiger partial charge on any atom is 0.333 e. The van der Waals surface area contributed by atoms with Gasteiger partial charge in [0, 0.05) is 60.3 Å². The van der Waals surface area contributed by atoms with Crippen LogP contribution in [0.15, 0.2) is 12.2 Å². The molecular formula is C32H50O8. The largest absolute Gasteiger partial charge is 0.455 e. The molecule has 8 nitrogen and oxygen atoms in total. The lowest BCUT2D eigenvalue weighted by molar-refractivity contribution is -0.345. The van der Waals surface area contributed by atoms with E-state index in [-0.39, 0.29) is 22.2 Å². The highest BCUT2D eigenvalue weighted by atomic mass is 16.6. The van der Waals surface area contributed by atoms with Crippen LogP contribution in [0.4, 0.5) is 0 Å². The molecule has 7 fully saturated rings. The lowest BCUT2D eigenvalue weighted by Gasteiger charge is -2.69. The molecule has 4 bridgehead atoms. The highest BCUT2D eigenvalue weighted by Crippen LogP contribution is 2.66. The maximum absolute atomic E-state index is 13.1. The fraction of sp³-hybridized carbons (Fsp3) is 0.906. The number of rotatable bonds is 14. The molecule has 0 N–H and O–H groups in total. The summed E-state index contributed by atoms with van der Waals surface area (Å²) in [6.07, 6.45) is 7.42. The van der Waals surface area contributed by atoms with Crippen molar-refractivity contribution in [1.29, 1.82) is 0 Å². The molecule has 3 aliphatic heterocycles. The maximum atomic E-state index is 13.1. The van der Waals surface area contributed by atoms with Gasteiger partial charge in [-0.15, -0.1) is 0 Å². The molecule has 7 rings (SSSR count). The normalized spacial score (nSPS) is 39.6. The van der Waals surface area contributed by atoms with Gasteiger partial charge in [0.05, 0.1) is 76.3 Å². The zero-order chi connectivity index (χ0) is 28.3. The third-order valence-electron chi connectivity index (χ3n) is 11.3. The van der Waals surface area contributed by atoms with E-state index in [0.29, 0.717) is 44.7 Å². The Bertz CT molecular complexity index is 866. The summed E-state index contributed by atoms with van der Waals surface area (Å²) in [5.41, 5.74) is -1.62. The van der Waals surface area contributed by atoms with Crippen molar-refractivity contribution >= 4 is 5.97 Å². The van der Waals surface area contributed by atoms with Gasteiger partial charge >= 0.3 is 5.97 Å². The second-order valence-electron chi connectivity index (χ2n) is 14.9. The number of hydrogen-bond acceptors (Lipinski definition) is 8. The Labute approximate surface area is 239 Å². The quantitative estimate of drug-likeness (QED) is 0.221. The Morgan fingerprint density at radius 1 is 0.600 bits per heavy atom. The van der Waals surface area contributed by atoms with Crippen LogP contribution >= 0.6 is 0 Å². The van der Waals surface area contributed by atoms with Crippen LogP contribution in [0.2, 0.25) is 0 Å². The van der Waals surface area contributed by atoms with Crippen LogP contribution in [0, 0.1) is 16.2 Å². The molecule has 0 atom stereocenters. The van der Waals surface area contributed by atoms with E-state index in [1.165, 1.54) is 0 Å². The fourth-order valence-corrected chi connectivity index (χ4v) is 8.38. The first-order valence-corrected chi connectivity index (χ1v) is 15.5. The third-order valence-corrected chi connectivity index (χ3v) is 11.3. The highest BCUT2D eigenvalue weighted by molar-refractivity contribution is 5.87. The van der Waals surface area contributed by atoms with E-state index in [1.807, 2.05) is 0 Å². The molecule has 7 aliphatic rings. The van der Waals surface area contributed by atoms with Gasteiger partial charge in [-0.25, -0.2) is 4.79 Å². The fourth-order valence-electron chi connectivity index (χ4n) is 8.38. The SMILES string of the molecule is C=C(C)C(=O)OC12CC3(OCC4(CC)COC4)CC(OCC4(CC)COC4)(CC(OCC4(CC)COC4)(C3)C1)C2. The number of carbonyl (C=O) groups excluding carboxylic acids is 1. The van der Waals surface area contributed by atoms with Gasteiger partial charge in [-0.1, -0.05) is 27.4 Å². The summed E-state index contributed by atoms with van der Waals surface area (Å²) in [7, 11) is 0. The monoisotopic (exact) mass is 562 g/mol. The summed E-state index contributed by atoms with van der Waals surface area (Å²) < 4.78 is 44.4. The molecule has 0 radical (unpaired) electrons. The topological polar surface area (TPSA) is 81.7 Å². The second-order valence-corrected chi connectivity index (χ2v) is 14.9. The molecule has 4 saturated carbocycles. The summed E-state index contributed by atoms with van der Waals surface area (Å²) in [4.78, 5) is 13.1. The van der Waals surface area contributed by atoms with Gasteiger partial charge in [-0.3, -0.25) is 0 Å². The summed E-state index contributed by atoms with van der Waals surface area (Å²) in [5, 5.41) is 0. The molecule has 0 amide bonds. The number of ether oxygens (including phenoxy) is 7. The van der Waals surface area contributed by atoms with Crippen molar-refractivity contribution in [3.8, 4) is 0 Å². The molecule has 3 saturated heterocycles. The Morgan fingerprint density at radius 2 is 0.900 bits per heavy atom. The first-order chi connectivity index (χ1) is 19.0. The van der Waals surface area contributed by atoms with Crippen molar-refractivity contribution in [2.75, 3.05) is 59.5 Å². The second kappa shape index (κ2) is 10.0. The van der Waals surface area contributed by atoms with Crippen molar-refractivity contribution in [2.45, 2.75) is 108 Å². The molecule has 226 valence electrons. The number of esters is 1. The Morgan fingerprint density at radius 3 is 1.12 bits per heavy atom. The van der Waals surface area contributed by atoms with Crippen LogP contribution in [-0.4, -0.2) is 87.8 Å². The van der Waals surface area contributed by atoms with E-state index in [9.17, 15) is 4.79 Å². The van der Waals surface area contributed by atoms with Gasteiger partial charge in [-0.2, -0.15) is 0 Å². The lowest BCUT2D eigenvalue weighted by atomic mass is 9.48. The predicted octanol–water partition coefficient (Wildman–Crippen LogP) is 4.77. The molecule has 0 aromatic rings. The van der Waals surface area contributed by atoms with Crippen molar-refractivity contribution in [1.82, 2.24) is 0 Å². The Balaban J connectivity index is 1.33. The molecule has 0 aromatic heterocycles. The molecule has 40 heavy (non-hydrogen) atoms. The molecule has 4 aliphatic carbocycles. The van der Waals surface area contributed by atoms with Gasteiger partial charge in [0.15, 0.2) is 0 Å². The van der Waals surface area contributed by atoms with Gasteiger partial charge in [-0.05, 0) is 26.2 Å². The van der Waals surface area contributed by atoms with Crippen LogP contribution in [0.5, 0.6) is 0 Å².